The Labute approximate surface area is 120 Å². The van der Waals surface area contributed by atoms with E-state index in [1.807, 2.05) is 32.0 Å². The van der Waals surface area contributed by atoms with Crippen molar-refractivity contribution in [1.82, 2.24) is 14.8 Å². The second-order valence-corrected chi connectivity index (χ2v) is 5.29. The molecule has 2 rings (SSSR count). The normalized spacial score (nSPS) is 10.8. The SMILES string of the molecule is Cc1ccc(-n2c(CO)nnc2SCC(=O)O)cc1C. The van der Waals surface area contributed by atoms with E-state index in [0.717, 1.165) is 28.6 Å². The standard InChI is InChI=1S/C13H15N3O3S/c1-8-3-4-10(5-9(8)2)16-11(6-17)14-15-13(16)20-7-12(18)19/h3-5,17H,6-7H2,1-2H3,(H,18,19). The third-order valence-electron chi connectivity index (χ3n) is 2.92. The fourth-order valence-corrected chi connectivity index (χ4v) is 2.44. The Bertz CT molecular complexity index is 640. The Morgan fingerprint density at radius 2 is 2.05 bits per heavy atom. The summed E-state index contributed by atoms with van der Waals surface area (Å²) in [7, 11) is 0. The van der Waals surface area contributed by atoms with Crippen molar-refractivity contribution in [2.75, 3.05) is 5.75 Å². The van der Waals surface area contributed by atoms with Crippen molar-refractivity contribution in [3.05, 3.63) is 35.2 Å². The van der Waals surface area contributed by atoms with Crippen molar-refractivity contribution in [3.63, 3.8) is 0 Å². The molecule has 20 heavy (non-hydrogen) atoms. The van der Waals surface area contributed by atoms with Crippen LogP contribution in [0.2, 0.25) is 0 Å². The number of benzene rings is 1. The molecule has 1 aromatic heterocycles. The van der Waals surface area contributed by atoms with Gasteiger partial charge in [0.25, 0.3) is 0 Å². The van der Waals surface area contributed by atoms with Crippen LogP contribution in [-0.4, -0.2) is 36.7 Å². The molecule has 1 heterocycles. The summed E-state index contributed by atoms with van der Waals surface area (Å²) in [6, 6.07) is 5.83. The van der Waals surface area contributed by atoms with Crippen molar-refractivity contribution < 1.29 is 15.0 Å². The van der Waals surface area contributed by atoms with E-state index in [-0.39, 0.29) is 12.4 Å². The van der Waals surface area contributed by atoms with Gasteiger partial charge < -0.3 is 10.2 Å². The van der Waals surface area contributed by atoms with Gasteiger partial charge in [0.15, 0.2) is 11.0 Å². The van der Waals surface area contributed by atoms with Gasteiger partial charge in [-0.25, -0.2) is 0 Å². The van der Waals surface area contributed by atoms with Gasteiger partial charge in [-0.15, -0.1) is 10.2 Å². The second kappa shape index (κ2) is 6.06. The van der Waals surface area contributed by atoms with Gasteiger partial charge in [0.2, 0.25) is 0 Å². The van der Waals surface area contributed by atoms with E-state index in [9.17, 15) is 9.90 Å². The number of aryl methyl sites for hydroxylation is 2. The molecule has 0 aliphatic carbocycles. The molecule has 0 aliphatic heterocycles. The number of thioether (sulfide) groups is 1. The lowest BCUT2D eigenvalue weighted by atomic mass is 10.1. The number of aliphatic hydroxyl groups is 1. The van der Waals surface area contributed by atoms with E-state index >= 15 is 0 Å². The molecule has 0 spiro atoms. The average molecular weight is 293 g/mol. The van der Waals surface area contributed by atoms with Gasteiger partial charge in [-0.2, -0.15) is 0 Å². The van der Waals surface area contributed by atoms with Crippen molar-refractivity contribution in [3.8, 4) is 5.69 Å². The Kier molecular flexibility index (Phi) is 4.41. The predicted octanol–water partition coefficient (Wildman–Crippen LogP) is 1.55. The van der Waals surface area contributed by atoms with Crippen molar-refractivity contribution in [2.45, 2.75) is 25.6 Å². The molecule has 0 fully saturated rings. The first-order valence-electron chi connectivity index (χ1n) is 6.00. The van der Waals surface area contributed by atoms with Crippen molar-refractivity contribution >= 4 is 17.7 Å². The quantitative estimate of drug-likeness (QED) is 0.813. The first kappa shape index (κ1) is 14.5. The summed E-state index contributed by atoms with van der Waals surface area (Å²) in [4.78, 5) is 10.7. The fourth-order valence-electron chi connectivity index (χ4n) is 1.75. The number of aromatic nitrogens is 3. The number of nitrogens with zero attached hydrogens (tertiary/aromatic N) is 3. The lowest BCUT2D eigenvalue weighted by Gasteiger charge is -2.10. The van der Waals surface area contributed by atoms with Gasteiger partial charge in [0.05, 0.1) is 5.75 Å². The van der Waals surface area contributed by atoms with Crippen LogP contribution in [0.5, 0.6) is 0 Å². The number of aliphatic hydroxyl groups excluding tert-OH is 1. The molecule has 0 bridgehead atoms. The highest BCUT2D eigenvalue weighted by atomic mass is 32.2. The Morgan fingerprint density at radius 1 is 1.30 bits per heavy atom. The molecule has 2 aromatic rings. The minimum Gasteiger partial charge on any atom is -0.481 e. The Hall–Kier alpha value is -1.86. The summed E-state index contributed by atoms with van der Waals surface area (Å²) < 4.78 is 1.68. The van der Waals surface area contributed by atoms with E-state index < -0.39 is 5.97 Å². The van der Waals surface area contributed by atoms with Gasteiger partial charge in [-0.1, -0.05) is 17.8 Å². The topological polar surface area (TPSA) is 88.2 Å². The Balaban J connectivity index is 2.44. The van der Waals surface area contributed by atoms with Crippen LogP contribution in [0.25, 0.3) is 5.69 Å². The first-order chi connectivity index (χ1) is 9.52. The third kappa shape index (κ3) is 3.00. The molecule has 0 radical (unpaired) electrons. The van der Waals surface area contributed by atoms with Crippen LogP contribution < -0.4 is 0 Å². The highest BCUT2D eigenvalue weighted by molar-refractivity contribution is 7.99. The monoisotopic (exact) mass is 293 g/mol. The number of carbonyl (C=O) groups is 1. The molecule has 1 aromatic carbocycles. The number of hydrogen-bond acceptors (Lipinski definition) is 5. The average Bonchev–Trinajstić information content (AvgIpc) is 2.82. The molecular formula is C13H15N3O3S. The summed E-state index contributed by atoms with van der Waals surface area (Å²) in [5.74, 6) is -0.634. The Morgan fingerprint density at radius 3 is 2.65 bits per heavy atom. The molecule has 2 N–H and O–H groups in total. The predicted molar refractivity (Wildman–Crippen MR) is 75.1 cm³/mol. The highest BCUT2D eigenvalue weighted by Gasteiger charge is 2.15. The van der Waals surface area contributed by atoms with Gasteiger partial charge in [-0.05, 0) is 37.1 Å². The second-order valence-electron chi connectivity index (χ2n) is 4.34. The number of carboxylic acid groups (broad SMARTS) is 1. The van der Waals surface area contributed by atoms with E-state index in [2.05, 4.69) is 10.2 Å². The minimum atomic E-state index is -0.921. The van der Waals surface area contributed by atoms with Gasteiger partial charge in [0, 0.05) is 5.69 Å². The fraction of sp³-hybridized carbons (Fsp3) is 0.308. The molecule has 0 saturated heterocycles. The zero-order valence-corrected chi connectivity index (χ0v) is 12.0. The smallest absolute Gasteiger partial charge is 0.313 e. The summed E-state index contributed by atoms with van der Waals surface area (Å²) >= 11 is 1.07. The van der Waals surface area contributed by atoms with Crippen LogP contribution in [0.3, 0.4) is 0 Å². The largest absolute Gasteiger partial charge is 0.481 e. The van der Waals surface area contributed by atoms with Crippen molar-refractivity contribution in [2.24, 2.45) is 0 Å². The third-order valence-corrected chi connectivity index (χ3v) is 3.83. The highest BCUT2D eigenvalue weighted by Crippen LogP contribution is 2.23. The number of rotatable bonds is 5. The molecule has 106 valence electrons. The zero-order chi connectivity index (χ0) is 14.7. The van der Waals surface area contributed by atoms with E-state index in [4.69, 9.17) is 5.11 Å². The lowest BCUT2D eigenvalue weighted by Crippen LogP contribution is -2.05. The maximum atomic E-state index is 10.7. The molecule has 0 saturated carbocycles. The van der Waals surface area contributed by atoms with Gasteiger partial charge >= 0.3 is 5.97 Å². The van der Waals surface area contributed by atoms with E-state index in [0.29, 0.717) is 11.0 Å². The summed E-state index contributed by atoms with van der Waals surface area (Å²) in [5, 5.41) is 26.4. The van der Waals surface area contributed by atoms with E-state index in [1.54, 1.807) is 4.57 Å². The maximum Gasteiger partial charge on any atom is 0.313 e. The molecule has 0 amide bonds. The maximum absolute atomic E-state index is 10.7. The minimum absolute atomic E-state index is 0.103. The summed E-state index contributed by atoms with van der Waals surface area (Å²) in [5.41, 5.74) is 3.08. The van der Waals surface area contributed by atoms with Crippen LogP contribution in [0, 0.1) is 13.8 Å². The molecular weight excluding hydrogens is 278 g/mol. The number of carboxylic acids is 1. The van der Waals surface area contributed by atoms with Crippen LogP contribution in [0.15, 0.2) is 23.4 Å². The molecule has 0 unspecified atom stereocenters. The van der Waals surface area contributed by atoms with Crippen LogP contribution in [0.1, 0.15) is 17.0 Å². The van der Waals surface area contributed by atoms with Crippen LogP contribution in [-0.2, 0) is 11.4 Å². The van der Waals surface area contributed by atoms with E-state index in [1.165, 1.54) is 0 Å². The van der Waals surface area contributed by atoms with Gasteiger partial charge in [0.1, 0.15) is 6.61 Å². The summed E-state index contributed by atoms with van der Waals surface area (Å²) in [6.45, 7) is 3.75. The van der Waals surface area contributed by atoms with Gasteiger partial charge in [-0.3, -0.25) is 9.36 Å². The number of hydrogen-bond donors (Lipinski definition) is 2. The number of aliphatic carboxylic acids is 1. The molecule has 0 atom stereocenters. The zero-order valence-electron chi connectivity index (χ0n) is 11.2. The molecule has 0 aliphatic rings. The molecule has 6 nitrogen and oxygen atoms in total. The first-order valence-corrected chi connectivity index (χ1v) is 6.99. The lowest BCUT2D eigenvalue weighted by molar-refractivity contribution is -0.133. The van der Waals surface area contributed by atoms with Crippen LogP contribution >= 0.6 is 11.8 Å². The van der Waals surface area contributed by atoms with Crippen LogP contribution in [0.4, 0.5) is 0 Å². The van der Waals surface area contributed by atoms with Crippen molar-refractivity contribution in [1.29, 1.82) is 0 Å². The summed E-state index contributed by atoms with van der Waals surface area (Å²) in [6.07, 6.45) is 0. The molecule has 7 heteroatoms.